The molecule has 0 unspecified atom stereocenters. The van der Waals surface area contributed by atoms with E-state index in [1.54, 1.807) is 0 Å². The molecule has 2 amide bonds. The maximum absolute atomic E-state index is 12.5. The van der Waals surface area contributed by atoms with Crippen molar-refractivity contribution >= 4 is 33.4 Å². The molecule has 4 nitrogen and oxygen atoms in total. The van der Waals surface area contributed by atoms with Gasteiger partial charge in [0.2, 0.25) is 11.8 Å². The first kappa shape index (κ1) is 17.0. The number of benzene rings is 1. The van der Waals surface area contributed by atoms with Crippen LogP contribution >= 0.6 is 15.9 Å². The van der Waals surface area contributed by atoms with E-state index >= 15 is 0 Å². The number of carbonyl (C=O) groups is 2. The van der Waals surface area contributed by atoms with Crippen LogP contribution in [-0.4, -0.2) is 18.4 Å². The maximum Gasteiger partial charge on any atom is 0.240 e. The predicted molar refractivity (Wildman–Crippen MR) is 91.7 cm³/mol. The molecule has 0 atom stereocenters. The van der Waals surface area contributed by atoms with Crippen molar-refractivity contribution in [1.82, 2.24) is 5.32 Å². The van der Waals surface area contributed by atoms with Crippen LogP contribution in [0.1, 0.15) is 44.6 Å². The highest BCUT2D eigenvalue weighted by Gasteiger charge is 2.56. The molecule has 0 spiro atoms. The van der Waals surface area contributed by atoms with E-state index in [9.17, 15) is 9.59 Å². The van der Waals surface area contributed by atoms with Gasteiger partial charge in [-0.1, -0.05) is 35.7 Å². The van der Waals surface area contributed by atoms with Crippen molar-refractivity contribution in [2.75, 3.05) is 11.9 Å². The third kappa shape index (κ3) is 3.88. The van der Waals surface area contributed by atoms with Gasteiger partial charge in [-0.25, -0.2) is 0 Å². The SMILES string of the molecule is CCCCCNC(=O)C1(C(=O)Nc2ccc(Br)cc2C)CC1. The van der Waals surface area contributed by atoms with Gasteiger partial charge in [-0.2, -0.15) is 0 Å². The molecule has 0 aliphatic heterocycles. The number of hydrogen-bond donors (Lipinski definition) is 2. The summed E-state index contributed by atoms with van der Waals surface area (Å²) in [5, 5.41) is 5.81. The molecule has 2 N–H and O–H groups in total. The number of unbranched alkanes of at least 4 members (excludes halogenated alkanes) is 2. The number of aryl methyl sites for hydroxylation is 1. The Morgan fingerprint density at radius 1 is 1.23 bits per heavy atom. The van der Waals surface area contributed by atoms with Crippen molar-refractivity contribution in [3.8, 4) is 0 Å². The molecule has 5 heteroatoms. The van der Waals surface area contributed by atoms with Crippen LogP contribution in [0.15, 0.2) is 22.7 Å². The Labute approximate surface area is 140 Å². The average Bonchev–Trinajstić information content (AvgIpc) is 3.28. The minimum Gasteiger partial charge on any atom is -0.355 e. The number of rotatable bonds is 7. The molecule has 1 aliphatic rings. The van der Waals surface area contributed by atoms with E-state index in [4.69, 9.17) is 0 Å². The second kappa shape index (κ2) is 7.27. The molecule has 120 valence electrons. The Morgan fingerprint density at radius 2 is 1.95 bits per heavy atom. The summed E-state index contributed by atoms with van der Waals surface area (Å²) in [6.45, 7) is 4.71. The van der Waals surface area contributed by atoms with Crippen LogP contribution in [0.25, 0.3) is 0 Å². The van der Waals surface area contributed by atoms with Crippen molar-refractivity contribution in [2.45, 2.75) is 46.0 Å². The van der Waals surface area contributed by atoms with Crippen LogP contribution in [0.5, 0.6) is 0 Å². The van der Waals surface area contributed by atoms with Crippen molar-refractivity contribution < 1.29 is 9.59 Å². The standard InChI is InChI=1S/C17H23BrN2O2/c1-3-4-5-10-19-15(21)17(8-9-17)16(22)20-14-7-6-13(18)11-12(14)2/h6-7,11H,3-5,8-10H2,1-2H3,(H,19,21)(H,20,22). The summed E-state index contributed by atoms with van der Waals surface area (Å²) < 4.78 is 0.970. The van der Waals surface area contributed by atoms with Crippen LogP contribution in [0.4, 0.5) is 5.69 Å². The Bertz CT molecular complexity index is 568. The number of anilines is 1. The highest BCUT2D eigenvalue weighted by atomic mass is 79.9. The first-order chi connectivity index (χ1) is 10.5. The fourth-order valence-electron chi connectivity index (χ4n) is 2.44. The van der Waals surface area contributed by atoms with E-state index in [0.717, 1.165) is 35.0 Å². The fraction of sp³-hybridized carbons (Fsp3) is 0.529. The van der Waals surface area contributed by atoms with Gasteiger partial charge in [0, 0.05) is 16.7 Å². The second-order valence-electron chi connectivity index (χ2n) is 5.96. The Balaban J connectivity index is 1.95. The van der Waals surface area contributed by atoms with Crippen molar-refractivity contribution in [3.05, 3.63) is 28.2 Å². The van der Waals surface area contributed by atoms with Crippen molar-refractivity contribution in [3.63, 3.8) is 0 Å². The third-order valence-electron chi connectivity index (χ3n) is 4.12. The molecule has 0 saturated heterocycles. The first-order valence-corrected chi connectivity index (χ1v) is 8.65. The molecule has 0 aromatic heterocycles. The molecular formula is C17H23BrN2O2. The molecule has 1 fully saturated rings. The summed E-state index contributed by atoms with van der Waals surface area (Å²) in [6, 6.07) is 5.68. The number of amides is 2. The van der Waals surface area contributed by atoms with Gasteiger partial charge < -0.3 is 10.6 Å². The highest BCUT2D eigenvalue weighted by molar-refractivity contribution is 9.10. The van der Waals surface area contributed by atoms with E-state index in [1.807, 2.05) is 25.1 Å². The van der Waals surface area contributed by atoms with E-state index in [2.05, 4.69) is 33.5 Å². The molecule has 0 bridgehead atoms. The van der Waals surface area contributed by atoms with E-state index in [0.29, 0.717) is 19.4 Å². The Morgan fingerprint density at radius 3 is 2.55 bits per heavy atom. The first-order valence-electron chi connectivity index (χ1n) is 7.85. The van der Waals surface area contributed by atoms with Gasteiger partial charge in [0.15, 0.2) is 0 Å². The molecule has 1 aliphatic carbocycles. The molecular weight excluding hydrogens is 344 g/mol. The summed E-state index contributed by atoms with van der Waals surface area (Å²) in [4.78, 5) is 24.8. The number of nitrogens with one attached hydrogen (secondary N) is 2. The van der Waals surface area contributed by atoms with E-state index in [-0.39, 0.29) is 11.8 Å². The number of halogens is 1. The van der Waals surface area contributed by atoms with Crippen molar-refractivity contribution in [1.29, 1.82) is 0 Å². The van der Waals surface area contributed by atoms with Crippen molar-refractivity contribution in [2.24, 2.45) is 5.41 Å². The monoisotopic (exact) mass is 366 g/mol. The minimum atomic E-state index is -0.855. The quantitative estimate of drug-likeness (QED) is 0.569. The average molecular weight is 367 g/mol. The lowest BCUT2D eigenvalue weighted by Crippen LogP contribution is -2.40. The fourth-order valence-corrected chi connectivity index (χ4v) is 2.91. The van der Waals surface area contributed by atoms with Gasteiger partial charge in [-0.05, 0) is 49.9 Å². The Hall–Kier alpha value is -1.36. The van der Waals surface area contributed by atoms with Gasteiger partial charge in [0.1, 0.15) is 5.41 Å². The minimum absolute atomic E-state index is 0.129. The topological polar surface area (TPSA) is 58.2 Å². The largest absolute Gasteiger partial charge is 0.355 e. The smallest absolute Gasteiger partial charge is 0.240 e. The zero-order valence-electron chi connectivity index (χ0n) is 13.2. The molecule has 0 heterocycles. The lowest BCUT2D eigenvalue weighted by Gasteiger charge is -2.16. The van der Waals surface area contributed by atoms with Crippen LogP contribution in [0.2, 0.25) is 0 Å². The van der Waals surface area contributed by atoms with Gasteiger partial charge in [-0.3, -0.25) is 9.59 Å². The molecule has 0 radical (unpaired) electrons. The molecule has 2 rings (SSSR count). The summed E-state index contributed by atoms with van der Waals surface area (Å²) in [5.74, 6) is -0.318. The third-order valence-corrected chi connectivity index (χ3v) is 4.62. The molecule has 1 aromatic carbocycles. The predicted octanol–water partition coefficient (Wildman–Crippen LogP) is 3.78. The maximum atomic E-state index is 12.5. The summed E-state index contributed by atoms with van der Waals surface area (Å²) in [6.07, 6.45) is 4.44. The van der Waals surface area contributed by atoms with E-state index < -0.39 is 5.41 Å². The van der Waals surface area contributed by atoms with Crippen LogP contribution in [-0.2, 0) is 9.59 Å². The van der Waals surface area contributed by atoms with Gasteiger partial charge >= 0.3 is 0 Å². The van der Waals surface area contributed by atoms with Crippen LogP contribution in [0, 0.1) is 12.3 Å². The number of carbonyl (C=O) groups excluding carboxylic acids is 2. The summed E-state index contributed by atoms with van der Waals surface area (Å²) >= 11 is 3.40. The summed E-state index contributed by atoms with van der Waals surface area (Å²) in [5.41, 5.74) is 0.881. The molecule has 1 saturated carbocycles. The molecule has 1 aromatic rings. The normalized spacial score (nSPS) is 15.2. The van der Waals surface area contributed by atoms with Gasteiger partial charge in [0.25, 0.3) is 0 Å². The van der Waals surface area contributed by atoms with Crippen LogP contribution in [0.3, 0.4) is 0 Å². The highest BCUT2D eigenvalue weighted by Crippen LogP contribution is 2.47. The lowest BCUT2D eigenvalue weighted by molar-refractivity contribution is -0.134. The molecule has 22 heavy (non-hydrogen) atoms. The van der Waals surface area contributed by atoms with E-state index in [1.165, 1.54) is 0 Å². The summed E-state index contributed by atoms with van der Waals surface area (Å²) in [7, 11) is 0. The Kier molecular flexibility index (Phi) is 5.62. The number of hydrogen-bond acceptors (Lipinski definition) is 2. The van der Waals surface area contributed by atoms with Gasteiger partial charge in [0.05, 0.1) is 0 Å². The second-order valence-corrected chi connectivity index (χ2v) is 6.87. The van der Waals surface area contributed by atoms with Gasteiger partial charge in [-0.15, -0.1) is 0 Å². The van der Waals surface area contributed by atoms with Crippen LogP contribution < -0.4 is 10.6 Å². The zero-order valence-corrected chi connectivity index (χ0v) is 14.8. The zero-order chi connectivity index (χ0) is 16.2. The lowest BCUT2D eigenvalue weighted by atomic mass is 10.0.